The van der Waals surface area contributed by atoms with E-state index < -0.39 is 12.1 Å². The summed E-state index contributed by atoms with van der Waals surface area (Å²) in [5.74, 6) is -0.318. The molecule has 0 amide bonds. The monoisotopic (exact) mass is 197 g/mol. The number of hydrogen-bond donors (Lipinski definition) is 2. The lowest BCUT2D eigenvalue weighted by Crippen LogP contribution is -2.25. The quantitative estimate of drug-likeness (QED) is 0.775. The fraction of sp³-hybridized carbons (Fsp3) is 0.455. The highest BCUT2D eigenvalue weighted by atomic mass is 19.1. The third-order valence-corrected chi connectivity index (χ3v) is 2.23. The predicted octanol–water partition coefficient (Wildman–Crippen LogP) is 1.99. The molecule has 0 heterocycles. The second-order valence-electron chi connectivity index (χ2n) is 3.44. The van der Waals surface area contributed by atoms with Gasteiger partial charge in [-0.25, -0.2) is 4.39 Å². The summed E-state index contributed by atoms with van der Waals surface area (Å²) in [4.78, 5) is 0. The molecule has 3 N–H and O–H groups in total. The number of nitrogens with two attached hydrogens (primary N) is 1. The molecule has 0 aliphatic carbocycles. The van der Waals surface area contributed by atoms with Crippen LogP contribution in [0, 0.1) is 5.82 Å². The van der Waals surface area contributed by atoms with Crippen molar-refractivity contribution in [3.8, 4) is 0 Å². The molecule has 0 aliphatic rings. The molecule has 78 valence electrons. The molecule has 0 saturated carbocycles. The predicted molar refractivity (Wildman–Crippen MR) is 54.2 cm³/mol. The van der Waals surface area contributed by atoms with E-state index in [9.17, 15) is 9.50 Å². The van der Waals surface area contributed by atoms with E-state index in [1.807, 2.05) is 6.92 Å². The number of aliphatic hydroxyl groups excluding tert-OH is 1. The molecule has 1 rings (SSSR count). The van der Waals surface area contributed by atoms with Crippen LogP contribution in [-0.2, 0) is 0 Å². The lowest BCUT2D eigenvalue weighted by Gasteiger charge is -2.18. The van der Waals surface area contributed by atoms with Crippen molar-refractivity contribution in [3.05, 3.63) is 35.6 Å². The van der Waals surface area contributed by atoms with Crippen LogP contribution in [-0.4, -0.2) is 11.2 Å². The zero-order valence-electron chi connectivity index (χ0n) is 8.28. The van der Waals surface area contributed by atoms with Gasteiger partial charge < -0.3 is 10.8 Å². The van der Waals surface area contributed by atoms with Gasteiger partial charge in [0.05, 0.1) is 12.1 Å². The first-order valence-corrected chi connectivity index (χ1v) is 4.84. The van der Waals surface area contributed by atoms with Gasteiger partial charge in [-0.15, -0.1) is 0 Å². The summed E-state index contributed by atoms with van der Waals surface area (Å²) in [7, 11) is 0. The molecule has 0 spiro atoms. The molecule has 14 heavy (non-hydrogen) atoms. The summed E-state index contributed by atoms with van der Waals surface area (Å²) in [6, 6.07) is 5.56. The van der Waals surface area contributed by atoms with Gasteiger partial charge in [0.1, 0.15) is 5.82 Å². The summed E-state index contributed by atoms with van der Waals surface area (Å²) in [6.45, 7) is 1.97. The van der Waals surface area contributed by atoms with Crippen LogP contribution in [0.3, 0.4) is 0 Å². The molecule has 0 saturated heterocycles. The maximum Gasteiger partial charge on any atom is 0.123 e. The highest BCUT2D eigenvalue weighted by Crippen LogP contribution is 2.17. The van der Waals surface area contributed by atoms with Crippen molar-refractivity contribution in [2.24, 2.45) is 5.73 Å². The maximum atomic E-state index is 12.8. The molecule has 1 aromatic rings. The molecule has 2 atom stereocenters. The average Bonchev–Trinajstić information content (AvgIpc) is 2.17. The average molecular weight is 197 g/mol. The van der Waals surface area contributed by atoms with E-state index in [0.717, 1.165) is 6.42 Å². The van der Waals surface area contributed by atoms with Crippen molar-refractivity contribution in [2.75, 3.05) is 0 Å². The highest BCUT2D eigenvalue weighted by Gasteiger charge is 2.15. The Labute approximate surface area is 83.6 Å². The number of aliphatic hydroxyl groups is 1. The number of hydrogen-bond acceptors (Lipinski definition) is 2. The summed E-state index contributed by atoms with van der Waals surface area (Å²) in [5.41, 5.74) is 6.42. The minimum absolute atomic E-state index is 0.318. The van der Waals surface area contributed by atoms with Crippen LogP contribution in [0.4, 0.5) is 4.39 Å². The second-order valence-corrected chi connectivity index (χ2v) is 3.44. The van der Waals surface area contributed by atoms with Crippen LogP contribution in [0.2, 0.25) is 0 Å². The smallest absolute Gasteiger partial charge is 0.123 e. The van der Waals surface area contributed by atoms with Crippen LogP contribution < -0.4 is 5.73 Å². The zero-order valence-corrected chi connectivity index (χ0v) is 8.28. The summed E-state index contributed by atoms with van der Waals surface area (Å²) in [6.07, 6.45) is 0.906. The van der Waals surface area contributed by atoms with Gasteiger partial charge in [0.25, 0.3) is 0 Å². The lowest BCUT2D eigenvalue weighted by molar-refractivity contribution is 0.134. The zero-order chi connectivity index (χ0) is 10.6. The minimum atomic E-state index is -0.596. The Kier molecular flexibility index (Phi) is 4.04. The first-order chi connectivity index (χ1) is 6.65. The van der Waals surface area contributed by atoms with E-state index in [4.69, 9.17) is 5.73 Å². The Morgan fingerprint density at radius 1 is 1.50 bits per heavy atom. The molecular weight excluding hydrogens is 181 g/mol. The van der Waals surface area contributed by atoms with Gasteiger partial charge in [-0.1, -0.05) is 25.5 Å². The molecule has 0 aromatic heterocycles. The molecule has 0 fully saturated rings. The Morgan fingerprint density at radius 3 is 2.79 bits per heavy atom. The standard InChI is InChI=1S/C11H16FNO/c1-2-4-10(14)11(13)8-5-3-6-9(12)7-8/h3,5-7,10-11,14H,2,4,13H2,1H3/t10-,11+/m0/s1. The fourth-order valence-electron chi connectivity index (χ4n) is 1.41. The van der Waals surface area contributed by atoms with Crippen molar-refractivity contribution in [3.63, 3.8) is 0 Å². The second kappa shape index (κ2) is 5.08. The number of rotatable bonds is 4. The van der Waals surface area contributed by atoms with Crippen molar-refractivity contribution < 1.29 is 9.50 Å². The van der Waals surface area contributed by atoms with Gasteiger partial charge in [0.2, 0.25) is 0 Å². The van der Waals surface area contributed by atoms with Gasteiger partial charge in [0, 0.05) is 0 Å². The Hall–Kier alpha value is -0.930. The SMILES string of the molecule is CCC[C@H](O)[C@H](N)c1cccc(F)c1. The largest absolute Gasteiger partial charge is 0.391 e. The van der Waals surface area contributed by atoms with Crippen LogP contribution >= 0.6 is 0 Å². The summed E-state index contributed by atoms with van der Waals surface area (Å²) < 4.78 is 12.8. The summed E-state index contributed by atoms with van der Waals surface area (Å²) in [5, 5.41) is 9.61. The molecular formula is C11H16FNO. The van der Waals surface area contributed by atoms with Crippen molar-refractivity contribution in [1.29, 1.82) is 0 Å². The first kappa shape index (κ1) is 11.1. The number of halogens is 1. The van der Waals surface area contributed by atoms with Crippen LogP contribution in [0.5, 0.6) is 0 Å². The third-order valence-electron chi connectivity index (χ3n) is 2.23. The van der Waals surface area contributed by atoms with E-state index in [2.05, 4.69) is 0 Å². The van der Waals surface area contributed by atoms with E-state index in [1.54, 1.807) is 12.1 Å². The van der Waals surface area contributed by atoms with Gasteiger partial charge >= 0.3 is 0 Å². The lowest BCUT2D eigenvalue weighted by atomic mass is 9.99. The highest BCUT2D eigenvalue weighted by molar-refractivity contribution is 5.20. The topological polar surface area (TPSA) is 46.2 Å². The third kappa shape index (κ3) is 2.79. The van der Waals surface area contributed by atoms with Gasteiger partial charge in [-0.05, 0) is 24.1 Å². The van der Waals surface area contributed by atoms with Crippen molar-refractivity contribution >= 4 is 0 Å². The number of benzene rings is 1. The van der Waals surface area contributed by atoms with E-state index in [-0.39, 0.29) is 5.82 Å². The molecule has 1 aromatic carbocycles. The maximum absolute atomic E-state index is 12.8. The van der Waals surface area contributed by atoms with E-state index >= 15 is 0 Å². The van der Waals surface area contributed by atoms with Gasteiger partial charge in [0.15, 0.2) is 0 Å². The van der Waals surface area contributed by atoms with Crippen LogP contribution in [0.15, 0.2) is 24.3 Å². The Morgan fingerprint density at radius 2 is 2.21 bits per heavy atom. The molecule has 0 bridgehead atoms. The fourth-order valence-corrected chi connectivity index (χ4v) is 1.41. The van der Waals surface area contributed by atoms with E-state index in [0.29, 0.717) is 12.0 Å². The van der Waals surface area contributed by atoms with Crippen LogP contribution in [0.25, 0.3) is 0 Å². The molecule has 2 nitrogen and oxygen atoms in total. The Bertz CT molecular complexity index is 290. The molecule has 0 radical (unpaired) electrons. The van der Waals surface area contributed by atoms with Crippen molar-refractivity contribution in [1.82, 2.24) is 0 Å². The van der Waals surface area contributed by atoms with Crippen molar-refractivity contribution in [2.45, 2.75) is 31.9 Å². The Balaban J connectivity index is 2.73. The van der Waals surface area contributed by atoms with E-state index in [1.165, 1.54) is 12.1 Å². The summed E-state index contributed by atoms with van der Waals surface area (Å²) >= 11 is 0. The first-order valence-electron chi connectivity index (χ1n) is 4.84. The van der Waals surface area contributed by atoms with Gasteiger partial charge in [-0.2, -0.15) is 0 Å². The normalized spacial score (nSPS) is 15.1. The minimum Gasteiger partial charge on any atom is -0.391 e. The van der Waals surface area contributed by atoms with Gasteiger partial charge in [-0.3, -0.25) is 0 Å². The molecule has 0 unspecified atom stereocenters. The molecule has 0 aliphatic heterocycles. The van der Waals surface area contributed by atoms with Crippen LogP contribution in [0.1, 0.15) is 31.4 Å². The molecule has 3 heteroatoms.